The molecule has 0 aliphatic carbocycles. The van der Waals surface area contributed by atoms with Crippen LogP contribution in [0.5, 0.6) is 17.2 Å². The lowest BCUT2D eigenvalue weighted by molar-refractivity contribution is 0.286. The smallest absolute Gasteiger partial charge is 0.161 e. The van der Waals surface area contributed by atoms with E-state index in [0.717, 1.165) is 29.8 Å². The predicted molar refractivity (Wildman–Crippen MR) is 95.3 cm³/mol. The largest absolute Gasteiger partial charge is 0.497 e. The Morgan fingerprint density at radius 1 is 1.04 bits per heavy atom. The summed E-state index contributed by atoms with van der Waals surface area (Å²) >= 11 is 0. The van der Waals surface area contributed by atoms with Crippen LogP contribution >= 0.6 is 0 Å². The monoisotopic (exact) mass is 345 g/mol. The predicted octanol–water partition coefficient (Wildman–Crippen LogP) is 3.87. The number of ether oxygens (including phenoxy) is 3. The van der Waals surface area contributed by atoms with E-state index in [1.54, 1.807) is 12.1 Å². The number of halogens is 1. The van der Waals surface area contributed by atoms with Crippen molar-refractivity contribution in [2.24, 2.45) is 0 Å². The molecule has 0 saturated carbocycles. The van der Waals surface area contributed by atoms with Gasteiger partial charge in [-0.25, -0.2) is 4.39 Å². The standard InChI is InChI=1S/C20H24FNO3/c1-4-24-18-10-13-8-9-22-20(16(13)12-19(18)25-5-2)15-7-6-14(23-3)11-17(15)21/h6-7,10-12,20,22H,4-5,8-9H2,1-3H3/t20-/m1/s1. The fraction of sp³-hybridized carbons (Fsp3) is 0.400. The van der Waals surface area contributed by atoms with E-state index in [4.69, 9.17) is 14.2 Å². The van der Waals surface area contributed by atoms with E-state index in [9.17, 15) is 4.39 Å². The number of nitrogens with one attached hydrogen (secondary N) is 1. The minimum Gasteiger partial charge on any atom is -0.497 e. The molecule has 0 aromatic heterocycles. The zero-order chi connectivity index (χ0) is 17.8. The first-order valence-electron chi connectivity index (χ1n) is 8.67. The van der Waals surface area contributed by atoms with Crippen molar-refractivity contribution in [3.63, 3.8) is 0 Å². The van der Waals surface area contributed by atoms with Gasteiger partial charge >= 0.3 is 0 Å². The maximum atomic E-state index is 14.6. The molecule has 1 N–H and O–H groups in total. The van der Waals surface area contributed by atoms with Crippen LogP contribution in [0.4, 0.5) is 4.39 Å². The molecule has 5 heteroatoms. The molecule has 0 unspecified atom stereocenters. The van der Waals surface area contributed by atoms with E-state index >= 15 is 0 Å². The Balaban J connectivity index is 2.05. The summed E-state index contributed by atoms with van der Waals surface area (Å²) < 4.78 is 31.1. The van der Waals surface area contributed by atoms with E-state index in [0.29, 0.717) is 30.3 Å². The van der Waals surface area contributed by atoms with Gasteiger partial charge in [0.2, 0.25) is 0 Å². The average Bonchev–Trinajstić information content (AvgIpc) is 2.62. The highest BCUT2D eigenvalue weighted by Crippen LogP contribution is 2.38. The number of methoxy groups -OCH3 is 1. The molecule has 0 fully saturated rings. The third kappa shape index (κ3) is 3.56. The highest BCUT2D eigenvalue weighted by Gasteiger charge is 2.26. The second kappa shape index (κ2) is 7.74. The molecule has 1 atom stereocenters. The van der Waals surface area contributed by atoms with Gasteiger partial charge in [-0.05, 0) is 49.6 Å². The molecule has 2 aromatic carbocycles. The van der Waals surface area contributed by atoms with Gasteiger partial charge in [0.1, 0.15) is 11.6 Å². The summed E-state index contributed by atoms with van der Waals surface area (Å²) in [5.41, 5.74) is 2.79. The molecular weight excluding hydrogens is 321 g/mol. The fourth-order valence-corrected chi connectivity index (χ4v) is 3.25. The molecule has 0 amide bonds. The summed E-state index contributed by atoms with van der Waals surface area (Å²) in [6.45, 7) is 5.80. The number of rotatable bonds is 6. The summed E-state index contributed by atoms with van der Waals surface area (Å²) in [6.07, 6.45) is 0.871. The van der Waals surface area contributed by atoms with Gasteiger partial charge in [0.05, 0.1) is 26.4 Å². The molecule has 25 heavy (non-hydrogen) atoms. The van der Waals surface area contributed by atoms with E-state index in [1.807, 2.05) is 26.0 Å². The Hall–Kier alpha value is -2.27. The molecule has 4 nitrogen and oxygen atoms in total. The Morgan fingerprint density at radius 2 is 1.76 bits per heavy atom. The fourth-order valence-electron chi connectivity index (χ4n) is 3.25. The summed E-state index contributed by atoms with van der Waals surface area (Å²) in [4.78, 5) is 0. The van der Waals surface area contributed by atoms with Crippen molar-refractivity contribution in [1.82, 2.24) is 5.32 Å². The van der Waals surface area contributed by atoms with Gasteiger partial charge in [0.25, 0.3) is 0 Å². The van der Waals surface area contributed by atoms with Gasteiger partial charge in [0.15, 0.2) is 11.5 Å². The Morgan fingerprint density at radius 3 is 2.40 bits per heavy atom. The van der Waals surface area contributed by atoms with Crippen LogP contribution in [0.1, 0.15) is 36.6 Å². The molecule has 134 valence electrons. The maximum Gasteiger partial charge on any atom is 0.161 e. The van der Waals surface area contributed by atoms with Gasteiger partial charge in [-0.15, -0.1) is 0 Å². The van der Waals surface area contributed by atoms with E-state index in [2.05, 4.69) is 5.32 Å². The van der Waals surface area contributed by atoms with Crippen molar-refractivity contribution in [2.75, 3.05) is 26.9 Å². The highest BCUT2D eigenvalue weighted by molar-refractivity contribution is 5.52. The third-order valence-electron chi connectivity index (χ3n) is 4.38. The first kappa shape index (κ1) is 17.5. The van der Waals surface area contributed by atoms with Crippen molar-refractivity contribution < 1.29 is 18.6 Å². The minimum absolute atomic E-state index is 0.218. The topological polar surface area (TPSA) is 39.7 Å². The van der Waals surface area contributed by atoms with E-state index in [-0.39, 0.29) is 11.9 Å². The van der Waals surface area contributed by atoms with Crippen molar-refractivity contribution in [2.45, 2.75) is 26.3 Å². The van der Waals surface area contributed by atoms with Gasteiger partial charge in [-0.2, -0.15) is 0 Å². The van der Waals surface area contributed by atoms with Crippen LogP contribution in [0.25, 0.3) is 0 Å². The summed E-state index contributed by atoms with van der Waals surface area (Å²) in [7, 11) is 1.53. The molecule has 1 aliphatic heterocycles. The molecule has 0 radical (unpaired) electrons. The average molecular weight is 345 g/mol. The van der Waals surface area contributed by atoms with E-state index in [1.165, 1.54) is 13.2 Å². The van der Waals surface area contributed by atoms with Crippen molar-refractivity contribution in [3.8, 4) is 17.2 Å². The molecule has 3 rings (SSSR count). The van der Waals surface area contributed by atoms with Crippen LogP contribution in [0.15, 0.2) is 30.3 Å². The second-order valence-electron chi connectivity index (χ2n) is 5.89. The second-order valence-corrected chi connectivity index (χ2v) is 5.89. The highest BCUT2D eigenvalue weighted by atomic mass is 19.1. The van der Waals surface area contributed by atoms with Crippen molar-refractivity contribution in [3.05, 3.63) is 52.8 Å². The molecule has 0 spiro atoms. The lowest BCUT2D eigenvalue weighted by Gasteiger charge is -2.29. The molecule has 1 heterocycles. The Kier molecular flexibility index (Phi) is 5.43. The number of fused-ring (bicyclic) bond motifs is 1. The summed E-state index contributed by atoms with van der Waals surface area (Å²) in [5.74, 6) is 1.68. The van der Waals surface area contributed by atoms with Gasteiger partial charge in [-0.1, -0.05) is 6.07 Å². The first-order valence-corrected chi connectivity index (χ1v) is 8.67. The lowest BCUT2D eigenvalue weighted by Crippen LogP contribution is -2.31. The van der Waals surface area contributed by atoms with Crippen LogP contribution in [0, 0.1) is 5.82 Å². The lowest BCUT2D eigenvalue weighted by atomic mass is 9.89. The van der Waals surface area contributed by atoms with Gasteiger partial charge < -0.3 is 19.5 Å². The number of hydrogen-bond donors (Lipinski definition) is 1. The SMILES string of the molecule is CCOc1cc2c(cc1OCC)[C@@H](c1ccc(OC)cc1F)NCC2. The van der Waals surface area contributed by atoms with Crippen molar-refractivity contribution >= 4 is 0 Å². The molecule has 1 aliphatic rings. The normalized spacial score (nSPS) is 16.2. The van der Waals surface area contributed by atoms with Gasteiger partial charge in [-0.3, -0.25) is 0 Å². The molecular formula is C20H24FNO3. The summed E-state index contributed by atoms with van der Waals surface area (Å²) in [6, 6.07) is 8.76. The summed E-state index contributed by atoms with van der Waals surface area (Å²) in [5, 5.41) is 3.41. The Bertz CT molecular complexity index is 748. The van der Waals surface area contributed by atoms with Crippen LogP contribution in [-0.2, 0) is 6.42 Å². The number of benzene rings is 2. The molecule has 0 saturated heterocycles. The van der Waals surface area contributed by atoms with Crippen LogP contribution < -0.4 is 19.5 Å². The van der Waals surface area contributed by atoms with Gasteiger partial charge in [0, 0.05) is 18.2 Å². The first-order chi connectivity index (χ1) is 12.2. The van der Waals surface area contributed by atoms with Crippen LogP contribution in [0.3, 0.4) is 0 Å². The quantitative estimate of drug-likeness (QED) is 0.863. The van der Waals surface area contributed by atoms with E-state index < -0.39 is 0 Å². The zero-order valence-electron chi connectivity index (χ0n) is 14.9. The van der Waals surface area contributed by atoms with Crippen molar-refractivity contribution in [1.29, 1.82) is 0 Å². The third-order valence-corrected chi connectivity index (χ3v) is 4.38. The Labute approximate surface area is 147 Å². The minimum atomic E-state index is -0.281. The molecule has 0 bridgehead atoms. The zero-order valence-corrected chi connectivity index (χ0v) is 14.9. The number of hydrogen-bond acceptors (Lipinski definition) is 4. The van der Waals surface area contributed by atoms with Crippen LogP contribution in [-0.4, -0.2) is 26.9 Å². The van der Waals surface area contributed by atoms with Crippen LogP contribution in [0.2, 0.25) is 0 Å². The molecule has 2 aromatic rings. The maximum absolute atomic E-state index is 14.6.